The second-order valence-corrected chi connectivity index (χ2v) is 11.2. The van der Waals surface area contributed by atoms with E-state index in [0.717, 1.165) is 55.0 Å². The third-order valence-electron chi connectivity index (χ3n) is 7.77. The fraction of sp³-hybridized carbons (Fsp3) is 0.158. The van der Waals surface area contributed by atoms with Crippen LogP contribution in [0.5, 0.6) is 5.75 Å². The van der Waals surface area contributed by atoms with Gasteiger partial charge in [-0.05, 0) is 65.4 Å². The standard InChI is InChI=1S/C38H26F10O/c1-2-3-4-5-21-6-8-22(9-7-21)23-10-13-27(30(39)16-23)24-11-14-28(31(40)17-24)36(45)35(44)25-12-15-29(32(41)18-25)38(47,48)49-26-19-33(42)37(46)34(43)20-26/h6-20H,2-5H2,1H3. The summed E-state index contributed by atoms with van der Waals surface area (Å²) in [5.41, 5.74) is -0.813. The van der Waals surface area contributed by atoms with Crippen LogP contribution in [0.4, 0.5) is 43.9 Å². The van der Waals surface area contributed by atoms with Crippen LogP contribution in [-0.4, -0.2) is 0 Å². The van der Waals surface area contributed by atoms with Crippen molar-refractivity contribution in [1.29, 1.82) is 0 Å². The van der Waals surface area contributed by atoms with Gasteiger partial charge >= 0.3 is 6.11 Å². The summed E-state index contributed by atoms with van der Waals surface area (Å²) in [7, 11) is 0. The van der Waals surface area contributed by atoms with Crippen molar-refractivity contribution in [3.63, 3.8) is 0 Å². The van der Waals surface area contributed by atoms with Crippen molar-refractivity contribution >= 4 is 11.7 Å². The fourth-order valence-corrected chi connectivity index (χ4v) is 5.16. The monoisotopic (exact) mass is 688 g/mol. The normalized spacial score (nSPS) is 12.2. The lowest BCUT2D eigenvalue weighted by Gasteiger charge is -2.19. The SMILES string of the molecule is CCCCCc1ccc(-c2ccc(-c3ccc(C(F)=C(F)c4ccc(C(F)(F)Oc5cc(F)c(F)c(F)c5)c(F)c4)c(F)c3)c(F)c2)cc1. The molecule has 49 heavy (non-hydrogen) atoms. The van der Waals surface area contributed by atoms with Crippen LogP contribution in [0.2, 0.25) is 0 Å². The third kappa shape index (κ3) is 7.82. The van der Waals surface area contributed by atoms with Crippen LogP contribution < -0.4 is 4.74 Å². The highest BCUT2D eigenvalue weighted by molar-refractivity contribution is 5.84. The van der Waals surface area contributed by atoms with E-state index in [-0.39, 0.29) is 29.3 Å². The first-order valence-electron chi connectivity index (χ1n) is 15.0. The molecule has 5 aromatic carbocycles. The van der Waals surface area contributed by atoms with E-state index in [1.165, 1.54) is 12.1 Å². The Hall–Kier alpha value is -5.06. The number of aryl methyl sites for hydroxylation is 1. The molecule has 11 heteroatoms. The lowest BCUT2D eigenvalue weighted by molar-refractivity contribution is -0.187. The molecule has 0 amide bonds. The first-order valence-corrected chi connectivity index (χ1v) is 15.0. The largest absolute Gasteiger partial charge is 0.429 e. The van der Waals surface area contributed by atoms with Gasteiger partial charge in [-0.3, -0.25) is 0 Å². The average molecular weight is 689 g/mol. The van der Waals surface area contributed by atoms with E-state index < -0.39 is 75.1 Å². The smallest absolute Gasteiger partial charge is 0.429 e. The van der Waals surface area contributed by atoms with Gasteiger partial charge in [0.25, 0.3) is 0 Å². The first kappa shape index (κ1) is 35.3. The summed E-state index contributed by atoms with van der Waals surface area (Å²) in [5.74, 6) is -14.2. The Bertz CT molecular complexity index is 2000. The molecule has 0 radical (unpaired) electrons. The maximum absolute atomic E-state index is 15.2. The predicted molar refractivity (Wildman–Crippen MR) is 167 cm³/mol. The molecule has 5 aromatic rings. The van der Waals surface area contributed by atoms with E-state index >= 15 is 17.6 Å². The van der Waals surface area contributed by atoms with Gasteiger partial charge in [0.15, 0.2) is 29.1 Å². The van der Waals surface area contributed by atoms with E-state index in [9.17, 15) is 26.3 Å². The lowest BCUT2D eigenvalue weighted by Crippen LogP contribution is -2.23. The van der Waals surface area contributed by atoms with E-state index in [0.29, 0.717) is 17.7 Å². The van der Waals surface area contributed by atoms with Crippen molar-refractivity contribution in [3.8, 4) is 28.0 Å². The Labute approximate surface area is 275 Å². The van der Waals surface area contributed by atoms with Crippen molar-refractivity contribution in [2.75, 3.05) is 0 Å². The Morgan fingerprint density at radius 2 is 1.22 bits per heavy atom. The number of hydrogen-bond acceptors (Lipinski definition) is 1. The molecule has 0 unspecified atom stereocenters. The molecule has 0 aliphatic rings. The molecule has 0 aliphatic heterocycles. The molecule has 1 nitrogen and oxygen atoms in total. The molecule has 0 aliphatic carbocycles. The number of unbranched alkanes of at least 4 members (excludes halogenated alkanes) is 2. The zero-order valence-electron chi connectivity index (χ0n) is 25.7. The molecular weight excluding hydrogens is 662 g/mol. The molecule has 0 N–H and O–H groups in total. The van der Waals surface area contributed by atoms with Crippen LogP contribution in [0.25, 0.3) is 33.9 Å². The summed E-state index contributed by atoms with van der Waals surface area (Å²) in [6.45, 7) is 2.12. The van der Waals surface area contributed by atoms with Crippen LogP contribution in [0, 0.1) is 34.9 Å². The molecule has 5 rings (SSSR count). The van der Waals surface area contributed by atoms with E-state index in [1.807, 2.05) is 24.3 Å². The molecule has 0 saturated heterocycles. The quantitative estimate of drug-likeness (QED) is 0.0581. The number of alkyl halides is 2. The maximum Gasteiger partial charge on any atom is 0.429 e. The van der Waals surface area contributed by atoms with Crippen LogP contribution >= 0.6 is 0 Å². The van der Waals surface area contributed by atoms with Gasteiger partial charge in [-0.2, -0.15) is 8.78 Å². The van der Waals surface area contributed by atoms with Crippen LogP contribution in [0.1, 0.15) is 48.4 Å². The molecule has 254 valence electrons. The van der Waals surface area contributed by atoms with Gasteiger partial charge in [0.2, 0.25) is 0 Å². The average Bonchev–Trinajstić information content (AvgIpc) is 3.06. The van der Waals surface area contributed by atoms with Crippen molar-refractivity contribution < 1.29 is 48.6 Å². The highest BCUT2D eigenvalue weighted by Gasteiger charge is 2.38. The summed E-state index contributed by atoms with van der Waals surface area (Å²) in [5, 5.41) is 0. The van der Waals surface area contributed by atoms with Gasteiger partial charge in [-0.25, -0.2) is 35.1 Å². The summed E-state index contributed by atoms with van der Waals surface area (Å²) < 4.78 is 148. The first-order chi connectivity index (χ1) is 23.3. The molecule has 0 atom stereocenters. The fourth-order valence-electron chi connectivity index (χ4n) is 5.16. The van der Waals surface area contributed by atoms with Crippen molar-refractivity contribution in [2.45, 2.75) is 38.7 Å². The summed E-state index contributed by atoms with van der Waals surface area (Å²) in [6, 6.07) is 16.1. The summed E-state index contributed by atoms with van der Waals surface area (Å²) in [4.78, 5) is 0. The molecule has 0 saturated carbocycles. The summed E-state index contributed by atoms with van der Waals surface area (Å²) >= 11 is 0. The molecule has 0 spiro atoms. The minimum Gasteiger partial charge on any atom is -0.429 e. The lowest BCUT2D eigenvalue weighted by atomic mass is 9.97. The second-order valence-electron chi connectivity index (χ2n) is 11.2. The van der Waals surface area contributed by atoms with Crippen molar-refractivity contribution in [2.24, 2.45) is 0 Å². The Morgan fingerprint density at radius 3 is 1.84 bits per heavy atom. The number of benzene rings is 5. The van der Waals surface area contributed by atoms with Crippen LogP contribution in [0.3, 0.4) is 0 Å². The molecule has 0 fully saturated rings. The summed E-state index contributed by atoms with van der Waals surface area (Å²) in [6.07, 6.45) is -0.348. The van der Waals surface area contributed by atoms with Crippen LogP contribution in [0.15, 0.2) is 91.0 Å². The van der Waals surface area contributed by atoms with Gasteiger partial charge in [-0.1, -0.05) is 68.3 Å². The van der Waals surface area contributed by atoms with Gasteiger partial charge in [0.1, 0.15) is 23.2 Å². The van der Waals surface area contributed by atoms with Gasteiger partial charge in [0.05, 0.1) is 5.56 Å². The van der Waals surface area contributed by atoms with Crippen molar-refractivity contribution in [1.82, 2.24) is 0 Å². The van der Waals surface area contributed by atoms with Crippen LogP contribution in [-0.2, 0) is 12.5 Å². The number of rotatable bonds is 11. The van der Waals surface area contributed by atoms with E-state index in [1.54, 1.807) is 6.07 Å². The minimum atomic E-state index is -4.59. The van der Waals surface area contributed by atoms with Crippen molar-refractivity contribution in [3.05, 3.63) is 148 Å². The highest BCUT2D eigenvalue weighted by atomic mass is 19.3. The van der Waals surface area contributed by atoms with E-state index in [4.69, 9.17) is 0 Å². The zero-order valence-corrected chi connectivity index (χ0v) is 25.7. The van der Waals surface area contributed by atoms with Gasteiger partial charge < -0.3 is 4.74 Å². The second kappa shape index (κ2) is 14.6. The van der Waals surface area contributed by atoms with Gasteiger partial charge in [0, 0.05) is 28.8 Å². The number of hydrogen-bond donors (Lipinski definition) is 0. The topological polar surface area (TPSA) is 9.23 Å². The molecule has 0 aromatic heterocycles. The van der Waals surface area contributed by atoms with E-state index in [2.05, 4.69) is 11.7 Å². The highest BCUT2D eigenvalue weighted by Crippen LogP contribution is 2.38. The minimum absolute atomic E-state index is 0.0119. The number of halogens is 10. The predicted octanol–water partition coefficient (Wildman–Crippen LogP) is 12.5. The third-order valence-corrected chi connectivity index (χ3v) is 7.77. The zero-order chi connectivity index (χ0) is 35.5. The Morgan fingerprint density at radius 1 is 0.592 bits per heavy atom. The molecular formula is C38H26F10O. The molecule has 0 heterocycles. The van der Waals surface area contributed by atoms with Gasteiger partial charge in [-0.15, -0.1) is 0 Å². The Balaban J connectivity index is 1.34. The Kier molecular flexibility index (Phi) is 10.5. The molecule has 0 bridgehead atoms. The maximum atomic E-state index is 15.2. The number of ether oxygens (including phenoxy) is 1.